The van der Waals surface area contributed by atoms with Gasteiger partial charge in [0.05, 0.1) is 17.1 Å². The quantitative estimate of drug-likeness (QED) is 0.729. The minimum atomic E-state index is 0.489. The molecule has 0 aliphatic rings. The lowest BCUT2D eigenvalue weighted by Gasteiger charge is -2.00. The molecule has 0 unspecified atom stereocenters. The minimum absolute atomic E-state index is 0.489. The third-order valence-corrected chi connectivity index (χ3v) is 2.11. The third-order valence-electron chi connectivity index (χ3n) is 2.11. The second-order valence-electron chi connectivity index (χ2n) is 3.07. The Bertz CT molecular complexity index is 511. The van der Waals surface area contributed by atoms with Gasteiger partial charge in [-0.1, -0.05) is 6.07 Å². The molecular formula is C11H9N3. The van der Waals surface area contributed by atoms with Gasteiger partial charge in [-0.3, -0.25) is 4.98 Å². The van der Waals surface area contributed by atoms with Crippen LogP contribution >= 0.6 is 0 Å². The van der Waals surface area contributed by atoms with Crippen LogP contribution in [0.1, 0.15) is 11.1 Å². The standard InChI is InChI=1S/C11H9N3/c12-5-8-1-2-10-3-9(6-13)7-14-11(10)4-8/h1-4,7H,6,13H2. The minimum Gasteiger partial charge on any atom is -0.326 e. The Hall–Kier alpha value is -1.92. The van der Waals surface area contributed by atoms with Gasteiger partial charge in [-0.2, -0.15) is 5.26 Å². The number of nitrogens with zero attached hydrogens (tertiary/aromatic N) is 2. The van der Waals surface area contributed by atoms with E-state index in [0.29, 0.717) is 12.1 Å². The van der Waals surface area contributed by atoms with Crippen molar-refractivity contribution in [2.24, 2.45) is 5.73 Å². The molecule has 0 saturated heterocycles. The maximum absolute atomic E-state index is 8.70. The summed E-state index contributed by atoms with van der Waals surface area (Å²) in [5, 5.41) is 9.72. The van der Waals surface area contributed by atoms with Crippen LogP contribution in [0.2, 0.25) is 0 Å². The first kappa shape index (κ1) is 8.67. The molecule has 68 valence electrons. The number of rotatable bonds is 1. The Morgan fingerprint density at radius 1 is 1.36 bits per heavy atom. The molecule has 0 saturated carbocycles. The molecule has 0 radical (unpaired) electrons. The Kier molecular flexibility index (Phi) is 2.13. The summed E-state index contributed by atoms with van der Waals surface area (Å²) in [6.45, 7) is 0.489. The van der Waals surface area contributed by atoms with Gasteiger partial charge in [-0.05, 0) is 23.8 Å². The van der Waals surface area contributed by atoms with E-state index in [0.717, 1.165) is 16.5 Å². The Morgan fingerprint density at radius 3 is 2.93 bits per heavy atom. The number of aromatic nitrogens is 1. The number of benzene rings is 1. The molecule has 0 bridgehead atoms. The summed E-state index contributed by atoms with van der Waals surface area (Å²) in [6.07, 6.45) is 1.74. The summed E-state index contributed by atoms with van der Waals surface area (Å²) in [5.41, 5.74) is 7.97. The van der Waals surface area contributed by atoms with Crippen LogP contribution in [-0.4, -0.2) is 4.98 Å². The highest BCUT2D eigenvalue weighted by atomic mass is 14.7. The second-order valence-corrected chi connectivity index (χ2v) is 3.07. The number of hydrogen-bond donors (Lipinski definition) is 1. The van der Waals surface area contributed by atoms with Gasteiger partial charge in [0.1, 0.15) is 0 Å². The highest BCUT2D eigenvalue weighted by Crippen LogP contribution is 2.14. The summed E-state index contributed by atoms with van der Waals surface area (Å²) < 4.78 is 0. The van der Waals surface area contributed by atoms with Crippen molar-refractivity contribution in [1.82, 2.24) is 4.98 Å². The van der Waals surface area contributed by atoms with Crippen molar-refractivity contribution < 1.29 is 0 Å². The van der Waals surface area contributed by atoms with Crippen molar-refractivity contribution in [2.45, 2.75) is 6.54 Å². The van der Waals surface area contributed by atoms with E-state index in [4.69, 9.17) is 11.0 Å². The van der Waals surface area contributed by atoms with Gasteiger partial charge in [-0.15, -0.1) is 0 Å². The molecule has 3 heteroatoms. The van der Waals surface area contributed by atoms with Gasteiger partial charge < -0.3 is 5.73 Å². The molecule has 0 spiro atoms. The van der Waals surface area contributed by atoms with Crippen molar-refractivity contribution in [2.75, 3.05) is 0 Å². The fourth-order valence-electron chi connectivity index (χ4n) is 1.35. The molecule has 2 rings (SSSR count). The summed E-state index contributed by atoms with van der Waals surface area (Å²) >= 11 is 0. The summed E-state index contributed by atoms with van der Waals surface area (Å²) in [7, 11) is 0. The summed E-state index contributed by atoms with van der Waals surface area (Å²) in [6, 6.07) is 9.52. The first-order valence-corrected chi connectivity index (χ1v) is 4.32. The van der Waals surface area contributed by atoms with Gasteiger partial charge in [-0.25, -0.2) is 0 Å². The Morgan fingerprint density at radius 2 is 2.21 bits per heavy atom. The van der Waals surface area contributed by atoms with Crippen molar-refractivity contribution in [3.05, 3.63) is 41.6 Å². The van der Waals surface area contributed by atoms with Crippen molar-refractivity contribution >= 4 is 10.9 Å². The second kappa shape index (κ2) is 3.44. The molecule has 2 aromatic rings. The molecular weight excluding hydrogens is 174 g/mol. The fourth-order valence-corrected chi connectivity index (χ4v) is 1.35. The smallest absolute Gasteiger partial charge is 0.0992 e. The van der Waals surface area contributed by atoms with Crippen LogP contribution in [0, 0.1) is 11.3 Å². The van der Waals surface area contributed by atoms with Crippen LogP contribution in [0.25, 0.3) is 10.9 Å². The molecule has 0 amide bonds. The molecule has 0 aliphatic heterocycles. The van der Waals surface area contributed by atoms with Crippen molar-refractivity contribution in [1.29, 1.82) is 5.26 Å². The van der Waals surface area contributed by atoms with Gasteiger partial charge >= 0.3 is 0 Å². The molecule has 2 N–H and O–H groups in total. The van der Waals surface area contributed by atoms with Crippen LogP contribution in [0.5, 0.6) is 0 Å². The molecule has 0 fully saturated rings. The topological polar surface area (TPSA) is 62.7 Å². The zero-order chi connectivity index (χ0) is 9.97. The SMILES string of the molecule is N#Cc1ccc2cc(CN)cnc2c1. The highest BCUT2D eigenvalue weighted by Gasteiger charge is 1.98. The molecule has 1 aromatic heterocycles. The summed E-state index contributed by atoms with van der Waals surface area (Å²) in [4.78, 5) is 4.23. The van der Waals surface area contributed by atoms with Crippen LogP contribution in [0.15, 0.2) is 30.5 Å². The van der Waals surface area contributed by atoms with E-state index >= 15 is 0 Å². The lowest BCUT2D eigenvalue weighted by Crippen LogP contribution is -1.96. The molecule has 0 atom stereocenters. The lowest BCUT2D eigenvalue weighted by molar-refractivity contribution is 1.06. The predicted octanol–water partition coefficient (Wildman–Crippen LogP) is 1.57. The largest absolute Gasteiger partial charge is 0.326 e. The zero-order valence-electron chi connectivity index (χ0n) is 7.57. The van der Waals surface area contributed by atoms with Gasteiger partial charge in [0.2, 0.25) is 0 Å². The number of nitriles is 1. The zero-order valence-corrected chi connectivity index (χ0v) is 7.57. The third kappa shape index (κ3) is 1.43. The number of hydrogen-bond acceptors (Lipinski definition) is 3. The Balaban J connectivity index is 2.64. The van der Waals surface area contributed by atoms with Gasteiger partial charge in [0.25, 0.3) is 0 Å². The van der Waals surface area contributed by atoms with E-state index in [1.807, 2.05) is 12.1 Å². The first-order chi connectivity index (χ1) is 6.83. The molecule has 14 heavy (non-hydrogen) atoms. The Labute approximate surface area is 81.8 Å². The number of fused-ring (bicyclic) bond motifs is 1. The fraction of sp³-hybridized carbons (Fsp3) is 0.0909. The number of nitrogens with two attached hydrogens (primary N) is 1. The lowest BCUT2D eigenvalue weighted by atomic mass is 10.1. The molecule has 0 aliphatic carbocycles. The average molecular weight is 183 g/mol. The van der Waals surface area contributed by atoms with Crippen molar-refractivity contribution in [3.8, 4) is 6.07 Å². The van der Waals surface area contributed by atoms with Gasteiger partial charge in [0, 0.05) is 18.1 Å². The highest BCUT2D eigenvalue weighted by molar-refractivity contribution is 5.80. The number of pyridine rings is 1. The van der Waals surface area contributed by atoms with E-state index < -0.39 is 0 Å². The van der Waals surface area contributed by atoms with Gasteiger partial charge in [0.15, 0.2) is 0 Å². The maximum atomic E-state index is 8.70. The average Bonchev–Trinajstić information content (AvgIpc) is 2.27. The first-order valence-electron chi connectivity index (χ1n) is 4.32. The normalized spacial score (nSPS) is 10.0. The summed E-state index contributed by atoms with van der Waals surface area (Å²) in [5.74, 6) is 0. The van der Waals surface area contributed by atoms with E-state index in [-0.39, 0.29) is 0 Å². The predicted molar refractivity (Wildman–Crippen MR) is 54.3 cm³/mol. The van der Waals surface area contributed by atoms with E-state index in [1.165, 1.54) is 0 Å². The molecule has 3 nitrogen and oxygen atoms in total. The van der Waals surface area contributed by atoms with Crippen LogP contribution in [0.3, 0.4) is 0 Å². The monoisotopic (exact) mass is 183 g/mol. The van der Waals surface area contributed by atoms with E-state index in [2.05, 4.69) is 11.1 Å². The maximum Gasteiger partial charge on any atom is 0.0992 e. The van der Waals surface area contributed by atoms with Crippen LogP contribution in [0.4, 0.5) is 0 Å². The van der Waals surface area contributed by atoms with Crippen LogP contribution in [-0.2, 0) is 6.54 Å². The van der Waals surface area contributed by atoms with E-state index in [9.17, 15) is 0 Å². The molecule has 1 aromatic carbocycles. The molecule has 1 heterocycles. The van der Waals surface area contributed by atoms with Crippen LogP contribution < -0.4 is 5.73 Å². The van der Waals surface area contributed by atoms with Crippen molar-refractivity contribution in [3.63, 3.8) is 0 Å². The van der Waals surface area contributed by atoms with E-state index in [1.54, 1.807) is 18.3 Å².